The van der Waals surface area contributed by atoms with Gasteiger partial charge in [0.15, 0.2) is 5.78 Å². The molecule has 1 aromatic carbocycles. The minimum absolute atomic E-state index is 0.0638. The lowest BCUT2D eigenvalue weighted by Gasteiger charge is -2.20. The predicted octanol–water partition coefficient (Wildman–Crippen LogP) is 5.76. The number of rotatable bonds is 12. The average molecular weight is 403 g/mol. The second kappa shape index (κ2) is 12.1. The van der Waals surface area contributed by atoms with E-state index in [1.165, 1.54) is 32.1 Å². The van der Waals surface area contributed by atoms with Crippen molar-refractivity contribution in [2.24, 2.45) is 5.41 Å². The molecule has 1 aromatic rings. The van der Waals surface area contributed by atoms with Gasteiger partial charge in [0, 0.05) is 28.6 Å². The molecule has 0 radical (unpaired) electrons. The molecule has 0 spiro atoms. The number of unbranched alkanes of at least 4 members (excludes halogenated alkanes) is 6. The number of amides is 1. The van der Waals surface area contributed by atoms with Crippen LogP contribution >= 0.6 is 0 Å². The second-order valence-electron chi connectivity index (χ2n) is 10.1. The molecule has 1 rings (SSSR count). The highest BCUT2D eigenvalue weighted by molar-refractivity contribution is 6.01. The third kappa shape index (κ3) is 11.2. The zero-order chi connectivity index (χ0) is 21.9. The lowest BCUT2D eigenvalue weighted by Crippen LogP contribution is -2.36. The third-order valence-corrected chi connectivity index (χ3v) is 4.88. The van der Waals surface area contributed by atoms with E-state index in [4.69, 9.17) is 0 Å². The normalized spacial score (nSPS) is 12.1. The maximum Gasteiger partial charge on any atom is 0.251 e. The van der Waals surface area contributed by atoms with Crippen molar-refractivity contribution < 1.29 is 9.59 Å². The molecule has 0 saturated carbocycles. The van der Waals surface area contributed by atoms with Crippen LogP contribution in [0.4, 0.5) is 0 Å². The van der Waals surface area contributed by atoms with E-state index in [0.29, 0.717) is 17.7 Å². The first-order valence-electron chi connectivity index (χ1n) is 11.2. The van der Waals surface area contributed by atoms with Gasteiger partial charge in [-0.25, -0.2) is 0 Å². The van der Waals surface area contributed by atoms with E-state index in [1.54, 1.807) is 24.3 Å². The van der Waals surface area contributed by atoms with E-state index >= 15 is 0 Å². The van der Waals surface area contributed by atoms with Crippen molar-refractivity contribution in [3.63, 3.8) is 0 Å². The highest BCUT2D eigenvalue weighted by Gasteiger charge is 2.22. The summed E-state index contributed by atoms with van der Waals surface area (Å²) in [5.74, 6) is 0.0287. The standard InChI is InChI=1S/C25H42N2O2/c1-24(2,3)22(28)20-14-16-21(17-15-20)23(29)26-18-12-10-8-7-9-11-13-19-27-25(4,5)6/h14-17,27H,7-13,18-19H2,1-6H3,(H,26,29). The maximum atomic E-state index is 12.3. The number of carbonyl (C=O) groups is 2. The van der Waals surface area contributed by atoms with Crippen LogP contribution < -0.4 is 10.6 Å². The van der Waals surface area contributed by atoms with Gasteiger partial charge in [0.25, 0.3) is 5.91 Å². The van der Waals surface area contributed by atoms with Crippen molar-refractivity contribution in [1.29, 1.82) is 0 Å². The van der Waals surface area contributed by atoms with Crippen LogP contribution in [0.25, 0.3) is 0 Å². The zero-order valence-corrected chi connectivity index (χ0v) is 19.5. The van der Waals surface area contributed by atoms with E-state index in [-0.39, 0.29) is 17.2 Å². The van der Waals surface area contributed by atoms with E-state index in [2.05, 4.69) is 31.4 Å². The Morgan fingerprint density at radius 1 is 0.690 bits per heavy atom. The van der Waals surface area contributed by atoms with Crippen LogP contribution in [0, 0.1) is 5.41 Å². The monoisotopic (exact) mass is 402 g/mol. The molecule has 1 amide bonds. The lowest BCUT2D eigenvalue weighted by molar-refractivity contribution is 0.0857. The van der Waals surface area contributed by atoms with Crippen molar-refractivity contribution in [2.45, 2.75) is 92.0 Å². The summed E-state index contributed by atoms with van der Waals surface area (Å²) in [5.41, 5.74) is 1.08. The van der Waals surface area contributed by atoms with E-state index in [1.807, 2.05) is 20.8 Å². The van der Waals surface area contributed by atoms with Crippen molar-refractivity contribution in [3.05, 3.63) is 35.4 Å². The minimum atomic E-state index is -0.410. The second-order valence-corrected chi connectivity index (χ2v) is 10.1. The molecule has 0 aliphatic carbocycles. The van der Waals surface area contributed by atoms with Crippen LogP contribution in [0.5, 0.6) is 0 Å². The number of hydrogen-bond donors (Lipinski definition) is 2. The predicted molar refractivity (Wildman–Crippen MR) is 123 cm³/mol. The molecule has 0 bridgehead atoms. The summed E-state index contributed by atoms with van der Waals surface area (Å²) in [6.07, 6.45) is 8.48. The van der Waals surface area contributed by atoms with Crippen LogP contribution in [0.2, 0.25) is 0 Å². The molecular weight excluding hydrogens is 360 g/mol. The molecule has 0 aromatic heterocycles. The first-order chi connectivity index (χ1) is 13.5. The summed E-state index contributed by atoms with van der Waals surface area (Å²) in [6, 6.07) is 6.98. The molecule has 0 aliphatic heterocycles. The summed E-state index contributed by atoms with van der Waals surface area (Å²) in [4.78, 5) is 24.5. The van der Waals surface area contributed by atoms with Crippen molar-refractivity contribution in [3.8, 4) is 0 Å². The first-order valence-corrected chi connectivity index (χ1v) is 11.2. The van der Waals surface area contributed by atoms with Gasteiger partial charge < -0.3 is 10.6 Å². The smallest absolute Gasteiger partial charge is 0.251 e. The van der Waals surface area contributed by atoms with Gasteiger partial charge in [-0.3, -0.25) is 9.59 Å². The molecule has 0 heterocycles. The van der Waals surface area contributed by atoms with Crippen LogP contribution in [0.1, 0.15) is 107 Å². The van der Waals surface area contributed by atoms with Crippen molar-refractivity contribution in [1.82, 2.24) is 10.6 Å². The number of hydrogen-bond acceptors (Lipinski definition) is 3. The largest absolute Gasteiger partial charge is 0.352 e. The fourth-order valence-electron chi connectivity index (χ4n) is 3.11. The number of benzene rings is 1. The van der Waals surface area contributed by atoms with Gasteiger partial charge in [0.05, 0.1) is 0 Å². The maximum absolute atomic E-state index is 12.3. The Morgan fingerprint density at radius 3 is 1.62 bits per heavy atom. The third-order valence-electron chi connectivity index (χ3n) is 4.88. The summed E-state index contributed by atoms with van der Waals surface area (Å²) in [7, 11) is 0. The fourth-order valence-corrected chi connectivity index (χ4v) is 3.11. The van der Waals surface area contributed by atoms with Crippen LogP contribution in [0.3, 0.4) is 0 Å². The van der Waals surface area contributed by atoms with Crippen LogP contribution in [0.15, 0.2) is 24.3 Å². The van der Waals surface area contributed by atoms with Gasteiger partial charge in [0.2, 0.25) is 0 Å². The summed E-state index contributed by atoms with van der Waals surface area (Å²) >= 11 is 0. The fraction of sp³-hybridized carbons (Fsp3) is 0.680. The molecule has 29 heavy (non-hydrogen) atoms. The van der Waals surface area contributed by atoms with Crippen molar-refractivity contribution in [2.75, 3.05) is 13.1 Å². The van der Waals surface area contributed by atoms with Crippen LogP contribution in [-0.4, -0.2) is 30.3 Å². The Bertz CT molecular complexity index is 622. The highest BCUT2D eigenvalue weighted by Crippen LogP contribution is 2.21. The SMILES string of the molecule is CC(C)(C)NCCCCCCCCCNC(=O)c1ccc(C(=O)C(C)(C)C)cc1. The van der Waals surface area contributed by atoms with Gasteiger partial charge in [-0.15, -0.1) is 0 Å². The van der Waals surface area contributed by atoms with Gasteiger partial charge in [-0.1, -0.05) is 65.0 Å². The number of ketones is 1. The van der Waals surface area contributed by atoms with E-state index in [9.17, 15) is 9.59 Å². The van der Waals surface area contributed by atoms with Crippen LogP contribution in [-0.2, 0) is 0 Å². The Labute approximate surface area is 178 Å². The highest BCUT2D eigenvalue weighted by atomic mass is 16.1. The molecule has 0 aliphatic rings. The quantitative estimate of drug-likeness (QED) is 0.345. The summed E-state index contributed by atoms with van der Waals surface area (Å²) < 4.78 is 0. The molecule has 164 valence electrons. The first kappa shape index (κ1) is 25.4. The minimum Gasteiger partial charge on any atom is -0.352 e. The average Bonchev–Trinajstić information content (AvgIpc) is 2.63. The van der Waals surface area contributed by atoms with Gasteiger partial charge in [-0.2, -0.15) is 0 Å². The Hall–Kier alpha value is -1.68. The molecular formula is C25H42N2O2. The molecule has 0 atom stereocenters. The van der Waals surface area contributed by atoms with Gasteiger partial charge >= 0.3 is 0 Å². The van der Waals surface area contributed by atoms with Crippen molar-refractivity contribution >= 4 is 11.7 Å². The van der Waals surface area contributed by atoms with Gasteiger partial charge in [-0.05, 0) is 52.3 Å². The van der Waals surface area contributed by atoms with E-state index in [0.717, 1.165) is 19.4 Å². The molecule has 2 N–H and O–H groups in total. The van der Waals surface area contributed by atoms with E-state index < -0.39 is 5.41 Å². The van der Waals surface area contributed by atoms with Gasteiger partial charge in [0.1, 0.15) is 0 Å². The summed E-state index contributed by atoms with van der Waals surface area (Å²) in [6.45, 7) is 14.1. The number of carbonyl (C=O) groups excluding carboxylic acids is 2. The molecule has 0 fully saturated rings. The number of Topliss-reactive ketones (excluding diaryl/α,β-unsaturated/α-hetero) is 1. The topological polar surface area (TPSA) is 58.2 Å². The molecule has 4 heteroatoms. The molecule has 0 unspecified atom stereocenters. The Kier molecular flexibility index (Phi) is 10.6. The molecule has 0 saturated heterocycles. The Balaban J connectivity index is 2.12. The Morgan fingerprint density at radius 2 is 1.14 bits per heavy atom. The molecule has 4 nitrogen and oxygen atoms in total. The lowest BCUT2D eigenvalue weighted by atomic mass is 9.86. The summed E-state index contributed by atoms with van der Waals surface area (Å²) in [5, 5.41) is 6.50. The number of nitrogens with one attached hydrogen (secondary N) is 2. The zero-order valence-electron chi connectivity index (χ0n) is 19.5.